The Labute approximate surface area is 93.3 Å². The van der Waals surface area contributed by atoms with Crippen LogP contribution in [0.25, 0.3) is 6.08 Å². The monoisotopic (exact) mass is 228 g/mol. The first-order valence-electron chi connectivity index (χ1n) is 4.15. The second-order valence-electron chi connectivity index (χ2n) is 3.05. The van der Waals surface area contributed by atoms with Gasteiger partial charge >= 0.3 is 0 Å². The minimum Gasteiger partial charge on any atom is -0.295 e. The van der Waals surface area contributed by atoms with Crippen LogP contribution in [0, 0.1) is 0 Å². The van der Waals surface area contributed by atoms with E-state index in [1.165, 1.54) is 6.92 Å². The summed E-state index contributed by atoms with van der Waals surface area (Å²) in [6, 6.07) is 5.19. The molecule has 0 saturated heterocycles. The highest BCUT2D eigenvalue weighted by Gasteiger charge is 2.01. The number of Topliss-reactive ketones (excluding diaryl/α,β-unsaturated/α-hetero) is 1. The van der Waals surface area contributed by atoms with E-state index in [0.717, 1.165) is 5.56 Å². The molecule has 0 heterocycles. The van der Waals surface area contributed by atoms with Crippen molar-refractivity contribution in [2.75, 3.05) is 0 Å². The molecule has 1 nitrogen and oxygen atoms in total. The third kappa shape index (κ3) is 2.86. The number of hydrogen-bond acceptors (Lipinski definition) is 1. The van der Waals surface area contributed by atoms with Gasteiger partial charge in [0.15, 0.2) is 5.78 Å². The van der Waals surface area contributed by atoms with Gasteiger partial charge in [0.1, 0.15) is 0 Å². The minimum atomic E-state index is 0.0380. The normalized spacial score (nSPS) is 11.6. The van der Waals surface area contributed by atoms with Gasteiger partial charge in [-0.25, -0.2) is 0 Å². The molecule has 1 aromatic rings. The Morgan fingerprint density at radius 2 is 1.93 bits per heavy atom. The van der Waals surface area contributed by atoms with E-state index in [0.29, 0.717) is 15.6 Å². The van der Waals surface area contributed by atoms with Crippen molar-refractivity contribution in [2.24, 2.45) is 0 Å². The number of halogens is 2. The summed E-state index contributed by atoms with van der Waals surface area (Å²) in [7, 11) is 0. The molecule has 0 saturated carbocycles. The number of carbonyl (C=O) groups is 1. The topological polar surface area (TPSA) is 17.1 Å². The molecule has 1 aromatic carbocycles. The molecule has 74 valence electrons. The fraction of sp³-hybridized carbons (Fsp3) is 0.182. The summed E-state index contributed by atoms with van der Waals surface area (Å²) in [6.45, 7) is 3.28. The van der Waals surface area contributed by atoms with Crippen LogP contribution in [-0.2, 0) is 4.79 Å². The summed E-state index contributed by atoms with van der Waals surface area (Å²) in [5.74, 6) is 0.0380. The molecule has 1 rings (SSSR count). The van der Waals surface area contributed by atoms with Gasteiger partial charge in [0.2, 0.25) is 0 Å². The second kappa shape index (κ2) is 4.63. The summed E-state index contributed by atoms with van der Waals surface area (Å²) < 4.78 is 0. The lowest BCUT2D eigenvalue weighted by Crippen LogP contribution is -1.90. The highest BCUT2D eigenvalue weighted by Crippen LogP contribution is 2.23. The lowest BCUT2D eigenvalue weighted by molar-refractivity contribution is -0.113. The molecule has 0 aliphatic carbocycles. The van der Waals surface area contributed by atoms with Crippen LogP contribution in [0.1, 0.15) is 19.4 Å². The van der Waals surface area contributed by atoms with E-state index in [1.807, 2.05) is 0 Å². The van der Waals surface area contributed by atoms with Crippen LogP contribution in [0.4, 0.5) is 0 Å². The fourth-order valence-electron chi connectivity index (χ4n) is 0.953. The first-order chi connectivity index (χ1) is 6.50. The van der Waals surface area contributed by atoms with E-state index in [1.54, 1.807) is 31.2 Å². The first kappa shape index (κ1) is 11.3. The summed E-state index contributed by atoms with van der Waals surface area (Å²) in [5.41, 5.74) is 1.48. The van der Waals surface area contributed by atoms with Crippen molar-refractivity contribution >= 4 is 35.1 Å². The second-order valence-corrected chi connectivity index (χ2v) is 3.89. The highest BCUT2D eigenvalue weighted by atomic mass is 35.5. The standard InChI is InChI=1S/C11H10Cl2O/c1-7(8(2)14)5-9-3-4-10(12)6-11(9)13/h3-6H,1-2H3/b7-5-. The van der Waals surface area contributed by atoms with Gasteiger partial charge in [-0.3, -0.25) is 4.79 Å². The van der Waals surface area contributed by atoms with E-state index >= 15 is 0 Å². The lowest BCUT2D eigenvalue weighted by atomic mass is 10.1. The van der Waals surface area contributed by atoms with Gasteiger partial charge in [-0.2, -0.15) is 0 Å². The fourth-order valence-corrected chi connectivity index (χ4v) is 1.42. The van der Waals surface area contributed by atoms with Crippen molar-refractivity contribution in [3.8, 4) is 0 Å². The van der Waals surface area contributed by atoms with Crippen LogP contribution in [0.15, 0.2) is 23.8 Å². The molecule has 0 spiro atoms. The predicted octanol–water partition coefficient (Wildman–Crippen LogP) is 3.99. The van der Waals surface area contributed by atoms with Crippen molar-refractivity contribution in [2.45, 2.75) is 13.8 Å². The zero-order valence-electron chi connectivity index (χ0n) is 7.97. The Morgan fingerprint density at radius 1 is 1.29 bits per heavy atom. The molecule has 14 heavy (non-hydrogen) atoms. The third-order valence-corrected chi connectivity index (χ3v) is 2.45. The quantitative estimate of drug-likeness (QED) is 0.701. The van der Waals surface area contributed by atoms with E-state index in [-0.39, 0.29) is 5.78 Å². The number of carbonyl (C=O) groups excluding carboxylic acids is 1. The van der Waals surface area contributed by atoms with Gasteiger partial charge in [-0.05, 0) is 43.2 Å². The maximum atomic E-state index is 11.0. The molecule has 3 heteroatoms. The Kier molecular flexibility index (Phi) is 3.73. The van der Waals surface area contributed by atoms with Gasteiger partial charge in [-0.15, -0.1) is 0 Å². The Hall–Kier alpha value is -0.790. The molecule has 0 fully saturated rings. The van der Waals surface area contributed by atoms with Gasteiger partial charge in [-0.1, -0.05) is 29.3 Å². The Balaban J connectivity index is 3.09. The maximum Gasteiger partial charge on any atom is 0.155 e. The van der Waals surface area contributed by atoms with Gasteiger partial charge in [0.05, 0.1) is 0 Å². The molecule has 0 unspecified atom stereocenters. The van der Waals surface area contributed by atoms with Gasteiger partial charge in [0, 0.05) is 10.0 Å². The van der Waals surface area contributed by atoms with Crippen LogP contribution in [0.5, 0.6) is 0 Å². The number of rotatable bonds is 2. The van der Waals surface area contributed by atoms with Crippen LogP contribution in [0.3, 0.4) is 0 Å². The molecule has 0 amide bonds. The first-order valence-corrected chi connectivity index (χ1v) is 4.90. The van der Waals surface area contributed by atoms with Crippen molar-refractivity contribution in [1.82, 2.24) is 0 Å². The zero-order valence-corrected chi connectivity index (χ0v) is 9.49. The average Bonchev–Trinajstić information content (AvgIpc) is 2.09. The lowest BCUT2D eigenvalue weighted by Gasteiger charge is -2.00. The molecule has 0 atom stereocenters. The smallest absolute Gasteiger partial charge is 0.155 e. The van der Waals surface area contributed by atoms with E-state index in [4.69, 9.17) is 23.2 Å². The molecule has 0 bridgehead atoms. The van der Waals surface area contributed by atoms with Crippen LogP contribution < -0.4 is 0 Å². The molecule has 0 aromatic heterocycles. The van der Waals surface area contributed by atoms with Crippen LogP contribution >= 0.6 is 23.2 Å². The highest BCUT2D eigenvalue weighted by molar-refractivity contribution is 6.35. The van der Waals surface area contributed by atoms with E-state index < -0.39 is 0 Å². The van der Waals surface area contributed by atoms with Crippen molar-refractivity contribution in [1.29, 1.82) is 0 Å². The summed E-state index contributed by atoms with van der Waals surface area (Å²) >= 11 is 11.7. The van der Waals surface area contributed by atoms with Crippen molar-refractivity contribution < 1.29 is 4.79 Å². The number of ketones is 1. The van der Waals surface area contributed by atoms with Crippen LogP contribution in [-0.4, -0.2) is 5.78 Å². The predicted molar refractivity (Wildman–Crippen MR) is 60.8 cm³/mol. The van der Waals surface area contributed by atoms with E-state index in [2.05, 4.69) is 0 Å². The maximum absolute atomic E-state index is 11.0. The zero-order chi connectivity index (χ0) is 10.7. The largest absolute Gasteiger partial charge is 0.295 e. The van der Waals surface area contributed by atoms with Crippen LogP contribution in [0.2, 0.25) is 10.0 Å². The van der Waals surface area contributed by atoms with E-state index in [9.17, 15) is 4.79 Å². The minimum absolute atomic E-state index is 0.0380. The third-order valence-electron chi connectivity index (χ3n) is 1.89. The number of benzene rings is 1. The Morgan fingerprint density at radius 3 is 2.43 bits per heavy atom. The molecular weight excluding hydrogens is 219 g/mol. The molecule has 0 aliphatic heterocycles. The van der Waals surface area contributed by atoms with Gasteiger partial charge in [0.25, 0.3) is 0 Å². The molecule has 0 radical (unpaired) electrons. The Bertz CT molecular complexity index is 394. The van der Waals surface area contributed by atoms with Gasteiger partial charge < -0.3 is 0 Å². The molecular formula is C11H10Cl2O. The summed E-state index contributed by atoms with van der Waals surface area (Å²) in [5, 5.41) is 1.14. The number of allylic oxidation sites excluding steroid dienone is 1. The van der Waals surface area contributed by atoms with Crippen molar-refractivity contribution in [3.63, 3.8) is 0 Å². The molecule has 0 aliphatic rings. The number of hydrogen-bond donors (Lipinski definition) is 0. The summed E-state index contributed by atoms with van der Waals surface area (Å²) in [4.78, 5) is 11.0. The summed E-state index contributed by atoms with van der Waals surface area (Å²) in [6.07, 6.45) is 1.75. The molecule has 0 N–H and O–H groups in total. The average molecular weight is 229 g/mol. The van der Waals surface area contributed by atoms with Crippen molar-refractivity contribution in [3.05, 3.63) is 39.4 Å². The SMILES string of the molecule is CC(=O)/C(C)=C\c1ccc(Cl)cc1Cl.